The Balaban J connectivity index is 1.93. The molecule has 28 heavy (non-hydrogen) atoms. The molecule has 0 radical (unpaired) electrons. The van der Waals surface area contributed by atoms with Crippen molar-refractivity contribution in [1.82, 2.24) is 9.55 Å². The summed E-state index contributed by atoms with van der Waals surface area (Å²) in [7, 11) is 0. The average molecular weight is 376 g/mol. The summed E-state index contributed by atoms with van der Waals surface area (Å²) in [6.45, 7) is 4.46. The minimum atomic E-state index is -0.217. The highest BCUT2D eigenvalue weighted by Gasteiger charge is 2.16. The van der Waals surface area contributed by atoms with Crippen molar-refractivity contribution in [2.45, 2.75) is 20.4 Å². The second-order valence-corrected chi connectivity index (χ2v) is 6.97. The van der Waals surface area contributed by atoms with E-state index < -0.39 is 0 Å². The molecule has 1 heterocycles. The molecule has 142 valence electrons. The fourth-order valence-electron chi connectivity index (χ4n) is 3.27. The minimum absolute atomic E-state index is 0.172. The number of hydrogen-bond donors (Lipinski definition) is 4. The van der Waals surface area contributed by atoms with Crippen molar-refractivity contribution in [3.05, 3.63) is 65.2 Å². The summed E-state index contributed by atoms with van der Waals surface area (Å²) < 4.78 is 1.99. The second-order valence-electron chi connectivity index (χ2n) is 6.97. The Morgan fingerprint density at radius 1 is 0.750 bits per heavy atom. The van der Waals surface area contributed by atoms with Crippen LogP contribution in [0, 0.1) is 13.8 Å². The number of fused-ring (bicyclic) bond motifs is 1. The number of phenols is 4. The SMILES string of the molecule is Cc1cc2nc(-c3ccc(O)c(O)c3)n(Cc3ccc(O)c(O)c3)c2cc1C. The molecule has 0 fully saturated rings. The Kier molecular flexibility index (Phi) is 4.11. The monoisotopic (exact) mass is 376 g/mol. The summed E-state index contributed by atoms with van der Waals surface area (Å²) in [5.41, 5.74) is 5.43. The van der Waals surface area contributed by atoms with Gasteiger partial charge in [-0.05, 0) is 73.0 Å². The minimum Gasteiger partial charge on any atom is -0.504 e. The Morgan fingerprint density at radius 2 is 1.39 bits per heavy atom. The predicted octanol–water partition coefficient (Wildman–Crippen LogP) is 4.19. The highest BCUT2D eigenvalue weighted by atomic mass is 16.3. The third-order valence-corrected chi connectivity index (χ3v) is 4.98. The van der Waals surface area contributed by atoms with Crippen molar-refractivity contribution in [3.63, 3.8) is 0 Å². The molecule has 6 heteroatoms. The van der Waals surface area contributed by atoms with Crippen LogP contribution in [0.15, 0.2) is 48.5 Å². The first-order valence-electron chi connectivity index (χ1n) is 8.84. The van der Waals surface area contributed by atoms with Crippen molar-refractivity contribution in [2.24, 2.45) is 0 Å². The molecule has 3 aromatic carbocycles. The first kappa shape index (κ1) is 17.7. The van der Waals surface area contributed by atoms with Gasteiger partial charge in [-0.2, -0.15) is 0 Å². The molecule has 0 aliphatic heterocycles. The standard InChI is InChI=1S/C22H20N2O4/c1-12-7-16-17(8-13(12)2)24(11-14-3-5-18(25)20(27)9-14)22(23-16)15-4-6-19(26)21(28)10-15/h3-10,25-28H,11H2,1-2H3. The van der Waals surface area contributed by atoms with E-state index in [1.54, 1.807) is 12.1 Å². The van der Waals surface area contributed by atoms with Gasteiger partial charge in [0.1, 0.15) is 5.82 Å². The van der Waals surface area contributed by atoms with Crippen molar-refractivity contribution < 1.29 is 20.4 Å². The first-order chi connectivity index (χ1) is 13.3. The summed E-state index contributed by atoms with van der Waals surface area (Å²) in [4.78, 5) is 4.75. The van der Waals surface area contributed by atoms with Gasteiger partial charge < -0.3 is 25.0 Å². The van der Waals surface area contributed by atoms with Crippen LogP contribution in [-0.4, -0.2) is 30.0 Å². The van der Waals surface area contributed by atoms with Gasteiger partial charge in [-0.1, -0.05) is 6.07 Å². The van der Waals surface area contributed by atoms with E-state index >= 15 is 0 Å². The van der Waals surface area contributed by atoms with Gasteiger partial charge in [-0.3, -0.25) is 0 Å². The molecular formula is C22H20N2O4. The third kappa shape index (κ3) is 2.99. The van der Waals surface area contributed by atoms with Crippen LogP contribution in [0.4, 0.5) is 0 Å². The van der Waals surface area contributed by atoms with Gasteiger partial charge in [0, 0.05) is 12.1 Å². The van der Waals surface area contributed by atoms with E-state index in [-0.39, 0.29) is 23.0 Å². The summed E-state index contributed by atoms with van der Waals surface area (Å²) >= 11 is 0. The largest absolute Gasteiger partial charge is 0.504 e. The quantitative estimate of drug-likeness (QED) is 0.402. The fourth-order valence-corrected chi connectivity index (χ4v) is 3.27. The number of aromatic nitrogens is 2. The van der Waals surface area contributed by atoms with Gasteiger partial charge >= 0.3 is 0 Å². The molecular weight excluding hydrogens is 356 g/mol. The van der Waals surface area contributed by atoms with Crippen LogP contribution in [0.2, 0.25) is 0 Å². The lowest BCUT2D eigenvalue weighted by Gasteiger charge is -2.11. The van der Waals surface area contributed by atoms with E-state index in [9.17, 15) is 20.4 Å². The Hall–Kier alpha value is -3.67. The molecule has 0 bridgehead atoms. The van der Waals surface area contributed by atoms with Gasteiger partial charge in [0.25, 0.3) is 0 Å². The molecule has 1 aromatic heterocycles. The molecule has 4 rings (SSSR count). The number of phenolic OH excluding ortho intramolecular Hbond substituents is 4. The maximum absolute atomic E-state index is 9.92. The molecule has 6 nitrogen and oxygen atoms in total. The van der Waals surface area contributed by atoms with Crippen molar-refractivity contribution in [1.29, 1.82) is 0 Å². The lowest BCUT2D eigenvalue weighted by molar-refractivity contribution is 0.403. The van der Waals surface area contributed by atoms with Crippen LogP contribution in [0.3, 0.4) is 0 Å². The summed E-state index contributed by atoms with van der Waals surface area (Å²) in [5, 5.41) is 39.0. The normalized spacial score (nSPS) is 11.2. The molecule has 0 amide bonds. The number of nitrogens with zero attached hydrogens (tertiary/aromatic N) is 2. The van der Waals surface area contributed by atoms with Gasteiger partial charge in [0.05, 0.1) is 11.0 Å². The molecule has 0 aliphatic carbocycles. The topological polar surface area (TPSA) is 98.7 Å². The van der Waals surface area contributed by atoms with E-state index in [1.807, 2.05) is 24.5 Å². The molecule has 0 spiro atoms. The van der Waals surface area contributed by atoms with Crippen LogP contribution in [-0.2, 0) is 6.54 Å². The molecule has 4 N–H and O–H groups in total. The zero-order valence-electron chi connectivity index (χ0n) is 15.5. The van der Waals surface area contributed by atoms with E-state index in [0.717, 1.165) is 27.7 Å². The fraction of sp³-hybridized carbons (Fsp3) is 0.136. The zero-order chi connectivity index (χ0) is 20.0. The molecule has 4 aromatic rings. The average Bonchev–Trinajstić information content (AvgIpc) is 2.98. The zero-order valence-corrected chi connectivity index (χ0v) is 15.5. The molecule has 0 atom stereocenters. The first-order valence-corrected chi connectivity index (χ1v) is 8.84. The lowest BCUT2D eigenvalue weighted by Crippen LogP contribution is -2.02. The van der Waals surface area contributed by atoms with E-state index in [2.05, 4.69) is 6.07 Å². The number of aryl methyl sites for hydroxylation is 2. The van der Waals surface area contributed by atoms with Gasteiger partial charge in [0.2, 0.25) is 0 Å². The highest BCUT2D eigenvalue weighted by molar-refractivity contribution is 5.82. The van der Waals surface area contributed by atoms with Crippen LogP contribution in [0.25, 0.3) is 22.4 Å². The van der Waals surface area contributed by atoms with Crippen LogP contribution in [0.1, 0.15) is 16.7 Å². The maximum atomic E-state index is 9.92. The van der Waals surface area contributed by atoms with Crippen molar-refractivity contribution in [2.75, 3.05) is 0 Å². The van der Waals surface area contributed by atoms with E-state index in [1.165, 1.54) is 24.3 Å². The van der Waals surface area contributed by atoms with Crippen molar-refractivity contribution in [3.8, 4) is 34.4 Å². The Labute approximate surface area is 161 Å². The third-order valence-electron chi connectivity index (χ3n) is 4.98. The highest BCUT2D eigenvalue weighted by Crippen LogP contribution is 2.34. The van der Waals surface area contributed by atoms with Gasteiger partial charge in [0.15, 0.2) is 23.0 Å². The second kappa shape index (κ2) is 6.49. The summed E-state index contributed by atoms with van der Waals surface area (Å²) in [5.74, 6) is -0.137. The van der Waals surface area contributed by atoms with E-state index in [0.29, 0.717) is 17.9 Å². The number of aromatic hydroxyl groups is 4. The molecule has 0 saturated carbocycles. The predicted molar refractivity (Wildman–Crippen MR) is 107 cm³/mol. The molecule has 0 aliphatic rings. The number of rotatable bonds is 3. The van der Waals surface area contributed by atoms with Gasteiger partial charge in [-0.15, -0.1) is 0 Å². The summed E-state index contributed by atoms with van der Waals surface area (Å²) in [6, 6.07) is 13.4. The lowest BCUT2D eigenvalue weighted by atomic mass is 10.1. The molecule has 0 unspecified atom stereocenters. The van der Waals surface area contributed by atoms with Crippen molar-refractivity contribution >= 4 is 11.0 Å². The Morgan fingerprint density at radius 3 is 2.07 bits per heavy atom. The molecule has 0 saturated heterocycles. The van der Waals surface area contributed by atoms with E-state index in [4.69, 9.17) is 4.98 Å². The van der Waals surface area contributed by atoms with Gasteiger partial charge in [-0.25, -0.2) is 4.98 Å². The smallest absolute Gasteiger partial charge is 0.158 e. The van der Waals surface area contributed by atoms with Crippen LogP contribution < -0.4 is 0 Å². The maximum Gasteiger partial charge on any atom is 0.158 e. The van der Waals surface area contributed by atoms with Crippen LogP contribution >= 0.6 is 0 Å². The number of imidazole rings is 1. The number of hydrogen-bond acceptors (Lipinski definition) is 5. The van der Waals surface area contributed by atoms with Crippen LogP contribution in [0.5, 0.6) is 23.0 Å². The summed E-state index contributed by atoms with van der Waals surface area (Å²) in [6.07, 6.45) is 0. The number of benzene rings is 3. The Bertz CT molecular complexity index is 1210.